The van der Waals surface area contributed by atoms with Gasteiger partial charge in [-0.1, -0.05) is 39.4 Å². The second kappa shape index (κ2) is 5.62. The van der Waals surface area contributed by atoms with E-state index in [1.54, 1.807) is 0 Å². The second-order valence-corrected chi connectivity index (χ2v) is 3.74. The van der Waals surface area contributed by atoms with Crippen LogP contribution in [0.2, 0.25) is 0 Å². The molecule has 72 valence electrons. The van der Waals surface area contributed by atoms with E-state index in [0.29, 0.717) is 5.56 Å². The van der Waals surface area contributed by atoms with E-state index < -0.39 is 0 Å². The van der Waals surface area contributed by atoms with Gasteiger partial charge in [0.1, 0.15) is 0 Å². The Morgan fingerprint density at radius 3 is 2.93 bits per heavy atom. The van der Waals surface area contributed by atoms with Crippen LogP contribution in [0.3, 0.4) is 0 Å². The van der Waals surface area contributed by atoms with Crippen molar-refractivity contribution >= 4 is 22.2 Å². The molecule has 0 aliphatic rings. The highest BCUT2D eigenvalue weighted by Crippen LogP contribution is 2.08. The van der Waals surface area contributed by atoms with Crippen LogP contribution in [0.1, 0.15) is 27.9 Å². The fraction of sp³-hybridized carbons (Fsp3) is 0.250. The number of carbonyl (C=O) groups excluding carboxylic acids is 1. The fourth-order valence-corrected chi connectivity index (χ4v) is 1.30. The number of hydrogen-bond acceptors (Lipinski definition) is 1. The van der Waals surface area contributed by atoms with Gasteiger partial charge in [0.2, 0.25) is 0 Å². The number of halogens is 1. The van der Waals surface area contributed by atoms with Crippen LogP contribution in [-0.2, 0) is 0 Å². The van der Waals surface area contributed by atoms with Gasteiger partial charge in [0, 0.05) is 22.9 Å². The number of alkyl halides is 1. The standard InChI is InChI=1S/C12H11BrO/c1-10-5-6-11(4-2-3-7-13)12(8-10)9-14/h5-6,8-9H,3,7H2,1H3. The number of rotatable bonds is 2. The normalized spacial score (nSPS) is 9.00. The molecule has 1 aromatic rings. The van der Waals surface area contributed by atoms with Crippen LogP contribution in [0, 0.1) is 18.8 Å². The van der Waals surface area contributed by atoms with Gasteiger partial charge in [0.05, 0.1) is 0 Å². The highest BCUT2D eigenvalue weighted by atomic mass is 79.9. The minimum absolute atomic E-state index is 0.673. The molecular formula is C12H11BrO. The zero-order valence-electron chi connectivity index (χ0n) is 8.01. The molecule has 1 aromatic carbocycles. The van der Waals surface area contributed by atoms with Gasteiger partial charge >= 0.3 is 0 Å². The lowest BCUT2D eigenvalue weighted by atomic mass is 10.1. The van der Waals surface area contributed by atoms with Crippen molar-refractivity contribution in [1.29, 1.82) is 0 Å². The second-order valence-electron chi connectivity index (χ2n) is 2.95. The number of benzene rings is 1. The van der Waals surface area contributed by atoms with E-state index >= 15 is 0 Å². The number of carbonyl (C=O) groups is 1. The minimum Gasteiger partial charge on any atom is -0.298 e. The van der Waals surface area contributed by atoms with Crippen LogP contribution >= 0.6 is 15.9 Å². The summed E-state index contributed by atoms with van der Waals surface area (Å²) < 4.78 is 0. The molecule has 0 unspecified atom stereocenters. The van der Waals surface area contributed by atoms with Crippen molar-refractivity contribution < 1.29 is 4.79 Å². The van der Waals surface area contributed by atoms with Gasteiger partial charge in [-0.15, -0.1) is 0 Å². The van der Waals surface area contributed by atoms with Gasteiger partial charge in [0.25, 0.3) is 0 Å². The Bertz CT molecular complexity index is 385. The summed E-state index contributed by atoms with van der Waals surface area (Å²) in [5.41, 5.74) is 2.57. The van der Waals surface area contributed by atoms with Gasteiger partial charge < -0.3 is 0 Å². The Morgan fingerprint density at radius 1 is 1.50 bits per heavy atom. The van der Waals surface area contributed by atoms with Crippen molar-refractivity contribution in [2.45, 2.75) is 13.3 Å². The lowest BCUT2D eigenvalue weighted by molar-refractivity contribution is 0.112. The smallest absolute Gasteiger partial charge is 0.151 e. The molecule has 14 heavy (non-hydrogen) atoms. The Kier molecular flexibility index (Phi) is 4.42. The molecule has 0 amide bonds. The fourth-order valence-electron chi connectivity index (χ4n) is 1.10. The predicted molar refractivity (Wildman–Crippen MR) is 61.9 cm³/mol. The van der Waals surface area contributed by atoms with Gasteiger partial charge in [-0.2, -0.15) is 0 Å². The van der Waals surface area contributed by atoms with E-state index in [2.05, 4.69) is 27.8 Å². The van der Waals surface area contributed by atoms with Crippen LogP contribution in [0.5, 0.6) is 0 Å². The molecule has 0 fully saturated rings. The molecule has 0 saturated carbocycles. The Hall–Kier alpha value is -1.07. The molecule has 1 rings (SSSR count). The summed E-state index contributed by atoms with van der Waals surface area (Å²) in [5, 5.41) is 0.863. The summed E-state index contributed by atoms with van der Waals surface area (Å²) in [6.45, 7) is 1.96. The lowest BCUT2D eigenvalue weighted by Gasteiger charge is -1.97. The molecule has 0 aromatic heterocycles. The topological polar surface area (TPSA) is 17.1 Å². The molecule has 0 aliphatic heterocycles. The van der Waals surface area contributed by atoms with E-state index in [1.165, 1.54) is 0 Å². The number of aldehydes is 1. The van der Waals surface area contributed by atoms with Gasteiger partial charge in [-0.3, -0.25) is 4.79 Å². The summed E-state index contributed by atoms with van der Waals surface area (Å²) >= 11 is 3.30. The number of aryl methyl sites for hydroxylation is 1. The molecule has 1 nitrogen and oxygen atoms in total. The van der Waals surface area contributed by atoms with Crippen LogP contribution in [0.4, 0.5) is 0 Å². The predicted octanol–water partition coefficient (Wildman–Crippen LogP) is 2.94. The molecule has 0 atom stereocenters. The van der Waals surface area contributed by atoms with Crippen molar-refractivity contribution in [1.82, 2.24) is 0 Å². The average Bonchev–Trinajstić information content (AvgIpc) is 2.20. The third-order valence-electron chi connectivity index (χ3n) is 1.78. The molecule has 2 heteroatoms. The molecule has 0 spiro atoms. The monoisotopic (exact) mass is 250 g/mol. The third-order valence-corrected chi connectivity index (χ3v) is 2.17. The van der Waals surface area contributed by atoms with Crippen molar-refractivity contribution in [2.75, 3.05) is 5.33 Å². The van der Waals surface area contributed by atoms with E-state index in [0.717, 1.165) is 29.2 Å². The van der Waals surface area contributed by atoms with Crippen LogP contribution < -0.4 is 0 Å². The Morgan fingerprint density at radius 2 is 2.29 bits per heavy atom. The van der Waals surface area contributed by atoms with Crippen molar-refractivity contribution in [3.05, 3.63) is 34.9 Å². The maximum atomic E-state index is 10.7. The first-order valence-electron chi connectivity index (χ1n) is 4.38. The Balaban J connectivity index is 2.98. The highest BCUT2D eigenvalue weighted by Gasteiger charge is 1.97. The van der Waals surface area contributed by atoms with Gasteiger partial charge in [-0.25, -0.2) is 0 Å². The van der Waals surface area contributed by atoms with Crippen molar-refractivity contribution in [3.63, 3.8) is 0 Å². The van der Waals surface area contributed by atoms with E-state index in [4.69, 9.17) is 0 Å². The maximum Gasteiger partial charge on any atom is 0.151 e. The van der Waals surface area contributed by atoms with Crippen LogP contribution in [-0.4, -0.2) is 11.6 Å². The zero-order valence-corrected chi connectivity index (χ0v) is 9.60. The summed E-state index contributed by atoms with van der Waals surface area (Å²) in [6, 6.07) is 5.70. The van der Waals surface area contributed by atoms with E-state index in [1.807, 2.05) is 25.1 Å². The van der Waals surface area contributed by atoms with Gasteiger partial charge in [0.15, 0.2) is 6.29 Å². The third kappa shape index (κ3) is 3.01. The summed E-state index contributed by atoms with van der Waals surface area (Å²) in [4.78, 5) is 10.7. The molecular weight excluding hydrogens is 240 g/mol. The molecule has 0 aliphatic carbocycles. The first kappa shape index (κ1) is 11.0. The molecule has 0 radical (unpaired) electrons. The molecule has 0 heterocycles. The van der Waals surface area contributed by atoms with Crippen molar-refractivity contribution in [3.8, 4) is 11.8 Å². The quantitative estimate of drug-likeness (QED) is 0.448. The summed E-state index contributed by atoms with van der Waals surface area (Å²) in [6.07, 6.45) is 1.65. The summed E-state index contributed by atoms with van der Waals surface area (Å²) in [7, 11) is 0. The first-order chi connectivity index (χ1) is 6.77. The van der Waals surface area contributed by atoms with Crippen LogP contribution in [0.15, 0.2) is 18.2 Å². The van der Waals surface area contributed by atoms with Crippen molar-refractivity contribution in [2.24, 2.45) is 0 Å². The Labute approximate surface area is 92.6 Å². The average molecular weight is 251 g/mol. The first-order valence-corrected chi connectivity index (χ1v) is 5.50. The maximum absolute atomic E-state index is 10.7. The molecule has 0 bridgehead atoms. The number of hydrogen-bond donors (Lipinski definition) is 0. The highest BCUT2D eigenvalue weighted by molar-refractivity contribution is 9.09. The minimum atomic E-state index is 0.673. The largest absolute Gasteiger partial charge is 0.298 e. The zero-order chi connectivity index (χ0) is 10.4. The van der Waals surface area contributed by atoms with E-state index in [-0.39, 0.29) is 0 Å². The molecule has 0 N–H and O–H groups in total. The summed E-state index contributed by atoms with van der Waals surface area (Å²) in [5.74, 6) is 5.97. The lowest BCUT2D eigenvalue weighted by Crippen LogP contribution is -1.88. The van der Waals surface area contributed by atoms with Gasteiger partial charge in [-0.05, 0) is 19.1 Å². The SMILES string of the molecule is Cc1ccc(C#CCCBr)c(C=O)c1. The van der Waals surface area contributed by atoms with E-state index in [9.17, 15) is 4.79 Å². The van der Waals surface area contributed by atoms with Crippen LogP contribution in [0.25, 0.3) is 0 Å². The molecule has 0 saturated heterocycles.